The number of H-pyrrole nitrogens is 1. The standard InChI is InChI=1S/C17H15F3N4/c1-10-5-7-11(8-6-10)14(21)16-22-15(23-24-16)12-3-2-4-13(9-12)17(18,19)20/h2-9,14H,21H2,1H3,(H,22,23,24)/t14-/m1/s1. The Morgan fingerprint density at radius 2 is 1.79 bits per heavy atom. The summed E-state index contributed by atoms with van der Waals surface area (Å²) in [5.74, 6) is 0.574. The summed E-state index contributed by atoms with van der Waals surface area (Å²) in [5.41, 5.74) is 7.63. The summed E-state index contributed by atoms with van der Waals surface area (Å²) in [6.45, 7) is 1.97. The lowest BCUT2D eigenvalue weighted by Crippen LogP contribution is -2.13. The zero-order valence-electron chi connectivity index (χ0n) is 12.8. The first-order chi connectivity index (χ1) is 11.3. The highest BCUT2D eigenvalue weighted by atomic mass is 19.4. The van der Waals surface area contributed by atoms with E-state index in [0.29, 0.717) is 5.82 Å². The van der Waals surface area contributed by atoms with Crippen molar-refractivity contribution in [3.8, 4) is 11.4 Å². The lowest BCUT2D eigenvalue weighted by atomic mass is 10.1. The number of benzene rings is 2. The van der Waals surface area contributed by atoms with E-state index < -0.39 is 17.8 Å². The molecule has 0 saturated heterocycles. The van der Waals surface area contributed by atoms with Gasteiger partial charge in [-0.1, -0.05) is 42.0 Å². The number of rotatable bonds is 3. The zero-order valence-corrected chi connectivity index (χ0v) is 12.8. The van der Waals surface area contributed by atoms with E-state index in [9.17, 15) is 13.2 Å². The van der Waals surface area contributed by atoms with Gasteiger partial charge in [0.25, 0.3) is 0 Å². The van der Waals surface area contributed by atoms with E-state index in [1.807, 2.05) is 31.2 Å². The molecule has 0 radical (unpaired) electrons. The van der Waals surface area contributed by atoms with Crippen LogP contribution in [-0.4, -0.2) is 15.2 Å². The van der Waals surface area contributed by atoms with Crippen molar-refractivity contribution in [2.45, 2.75) is 19.1 Å². The highest BCUT2D eigenvalue weighted by molar-refractivity contribution is 5.56. The van der Waals surface area contributed by atoms with Gasteiger partial charge in [0.15, 0.2) is 5.82 Å². The number of hydrogen-bond acceptors (Lipinski definition) is 3. The van der Waals surface area contributed by atoms with Crippen molar-refractivity contribution in [3.05, 3.63) is 71.0 Å². The third-order valence-corrected chi connectivity index (χ3v) is 3.68. The van der Waals surface area contributed by atoms with Crippen LogP contribution in [-0.2, 0) is 6.18 Å². The third kappa shape index (κ3) is 3.30. The molecule has 7 heteroatoms. The van der Waals surface area contributed by atoms with Gasteiger partial charge in [-0.25, -0.2) is 4.98 Å². The summed E-state index contributed by atoms with van der Waals surface area (Å²) < 4.78 is 38.4. The molecule has 0 bridgehead atoms. The number of nitrogens with one attached hydrogen (secondary N) is 1. The number of halogens is 3. The molecule has 1 heterocycles. The van der Waals surface area contributed by atoms with Crippen LogP contribution in [0, 0.1) is 6.92 Å². The van der Waals surface area contributed by atoms with E-state index in [1.165, 1.54) is 12.1 Å². The topological polar surface area (TPSA) is 67.6 Å². The van der Waals surface area contributed by atoms with Crippen LogP contribution in [0.5, 0.6) is 0 Å². The summed E-state index contributed by atoms with van der Waals surface area (Å²) in [4.78, 5) is 4.24. The second kappa shape index (κ2) is 6.09. The average molecular weight is 332 g/mol. The fourth-order valence-electron chi connectivity index (χ4n) is 2.31. The Labute approximate surface area is 136 Å². The molecule has 0 fully saturated rings. The van der Waals surface area contributed by atoms with E-state index in [0.717, 1.165) is 23.3 Å². The first kappa shape index (κ1) is 16.2. The monoisotopic (exact) mass is 332 g/mol. The van der Waals surface area contributed by atoms with Crippen molar-refractivity contribution in [3.63, 3.8) is 0 Å². The first-order valence-electron chi connectivity index (χ1n) is 7.26. The fourth-order valence-corrected chi connectivity index (χ4v) is 2.31. The molecule has 3 N–H and O–H groups in total. The van der Waals surface area contributed by atoms with Crippen molar-refractivity contribution < 1.29 is 13.2 Å². The molecule has 0 spiro atoms. The van der Waals surface area contributed by atoms with Gasteiger partial charge in [0.1, 0.15) is 5.82 Å². The number of aromatic nitrogens is 3. The first-order valence-corrected chi connectivity index (χ1v) is 7.26. The maximum Gasteiger partial charge on any atom is 0.416 e. The van der Waals surface area contributed by atoms with Crippen molar-refractivity contribution in [1.29, 1.82) is 0 Å². The minimum atomic E-state index is -4.41. The maximum absolute atomic E-state index is 12.8. The second-order valence-corrected chi connectivity index (χ2v) is 5.51. The van der Waals surface area contributed by atoms with Gasteiger partial charge in [-0.05, 0) is 24.6 Å². The predicted molar refractivity (Wildman–Crippen MR) is 84.0 cm³/mol. The second-order valence-electron chi connectivity index (χ2n) is 5.51. The van der Waals surface area contributed by atoms with Crippen molar-refractivity contribution in [2.75, 3.05) is 0 Å². The summed E-state index contributed by atoms with van der Waals surface area (Å²) in [5, 5.41) is 6.70. The lowest BCUT2D eigenvalue weighted by molar-refractivity contribution is -0.137. The molecule has 0 aliphatic heterocycles. The predicted octanol–water partition coefficient (Wildman–Crippen LogP) is 3.85. The molecular weight excluding hydrogens is 317 g/mol. The van der Waals surface area contributed by atoms with Gasteiger partial charge in [0.2, 0.25) is 0 Å². The molecule has 1 aromatic heterocycles. The van der Waals surface area contributed by atoms with Crippen LogP contribution < -0.4 is 5.73 Å². The van der Waals surface area contributed by atoms with Gasteiger partial charge in [0.05, 0.1) is 11.6 Å². The molecule has 1 atom stereocenters. The van der Waals surface area contributed by atoms with E-state index >= 15 is 0 Å². The van der Waals surface area contributed by atoms with Gasteiger partial charge in [-0.15, -0.1) is 0 Å². The molecule has 0 saturated carbocycles. The van der Waals surface area contributed by atoms with Gasteiger partial charge in [-0.3, -0.25) is 5.10 Å². The Morgan fingerprint density at radius 1 is 1.08 bits per heavy atom. The molecular formula is C17H15F3N4. The van der Waals surface area contributed by atoms with E-state index in [4.69, 9.17) is 5.73 Å². The zero-order chi connectivity index (χ0) is 17.3. The number of nitrogens with zero attached hydrogens (tertiary/aromatic N) is 2. The Hall–Kier alpha value is -2.67. The summed E-state index contributed by atoms with van der Waals surface area (Å²) in [7, 11) is 0. The van der Waals surface area contributed by atoms with Gasteiger partial charge < -0.3 is 5.73 Å². The van der Waals surface area contributed by atoms with E-state index in [-0.39, 0.29) is 11.4 Å². The maximum atomic E-state index is 12.8. The quantitative estimate of drug-likeness (QED) is 0.765. The highest BCUT2D eigenvalue weighted by Gasteiger charge is 2.30. The molecule has 3 rings (SSSR count). The molecule has 0 aliphatic carbocycles. The number of nitrogens with two attached hydrogens (primary N) is 1. The van der Waals surface area contributed by atoms with Crippen LogP contribution >= 0.6 is 0 Å². The van der Waals surface area contributed by atoms with Gasteiger partial charge >= 0.3 is 6.18 Å². The largest absolute Gasteiger partial charge is 0.416 e. The minimum Gasteiger partial charge on any atom is -0.318 e. The molecule has 124 valence electrons. The van der Waals surface area contributed by atoms with E-state index in [1.54, 1.807) is 0 Å². The van der Waals surface area contributed by atoms with Crippen LogP contribution in [0.15, 0.2) is 48.5 Å². The Morgan fingerprint density at radius 3 is 2.46 bits per heavy atom. The fraction of sp³-hybridized carbons (Fsp3) is 0.176. The summed E-state index contributed by atoms with van der Waals surface area (Å²) in [6, 6.07) is 12.0. The van der Waals surface area contributed by atoms with Crippen LogP contribution in [0.2, 0.25) is 0 Å². The summed E-state index contributed by atoms with van der Waals surface area (Å²) in [6.07, 6.45) is -4.41. The molecule has 3 aromatic rings. The molecule has 4 nitrogen and oxygen atoms in total. The number of alkyl halides is 3. The number of aryl methyl sites for hydroxylation is 1. The highest BCUT2D eigenvalue weighted by Crippen LogP contribution is 2.31. The lowest BCUT2D eigenvalue weighted by Gasteiger charge is -2.08. The molecule has 0 aliphatic rings. The summed E-state index contributed by atoms with van der Waals surface area (Å²) >= 11 is 0. The molecule has 24 heavy (non-hydrogen) atoms. The minimum absolute atomic E-state index is 0.179. The van der Waals surface area contributed by atoms with Crippen LogP contribution in [0.4, 0.5) is 13.2 Å². The normalized spacial score (nSPS) is 13.0. The van der Waals surface area contributed by atoms with Crippen molar-refractivity contribution in [1.82, 2.24) is 15.2 Å². The third-order valence-electron chi connectivity index (χ3n) is 3.68. The van der Waals surface area contributed by atoms with Gasteiger partial charge in [0, 0.05) is 5.56 Å². The molecule has 2 aromatic carbocycles. The Kier molecular flexibility index (Phi) is 4.11. The van der Waals surface area contributed by atoms with E-state index in [2.05, 4.69) is 15.2 Å². The molecule has 0 amide bonds. The van der Waals surface area contributed by atoms with Crippen LogP contribution in [0.1, 0.15) is 28.6 Å². The number of aromatic amines is 1. The van der Waals surface area contributed by atoms with Crippen LogP contribution in [0.3, 0.4) is 0 Å². The SMILES string of the molecule is Cc1ccc([C@@H](N)c2nc(-c3cccc(C(F)(F)F)c3)n[nH]2)cc1. The average Bonchev–Trinajstić information content (AvgIpc) is 3.04. The van der Waals surface area contributed by atoms with Crippen molar-refractivity contribution in [2.24, 2.45) is 5.73 Å². The Balaban J connectivity index is 1.89. The smallest absolute Gasteiger partial charge is 0.318 e. The van der Waals surface area contributed by atoms with Crippen molar-refractivity contribution >= 4 is 0 Å². The van der Waals surface area contributed by atoms with Crippen LogP contribution in [0.25, 0.3) is 11.4 Å². The van der Waals surface area contributed by atoms with Gasteiger partial charge in [-0.2, -0.15) is 18.3 Å². The number of hydrogen-bond donors (Lipinski definition) is 2. The molecule has 0 unspecified atom stereocenters. The Bertz CT molecular complexity index is 838.